The smallest absolute Gasteiger partial charge is 0.137 e. The topological polar surface area (TPSA) is 63.8 Å². The van der Waals surface area contributed by atoms with Gasteiger partial charge in [0.25, 0.3) is 0 Å². The predicted molar refractivity (Wildman–Crippen MR) is 106 cm³/mol. The summed E-state index contributed by atoms with van der Waals surface area (Å²) >= 11 is 0. The fraction of sp³-hybridized carbons (Fsp3) is 0.0455. The molecule has 2 aromatic carbocycles. The molecule has 130 valence electrons. The molecule has 3 aromatic heterocycles. The first-order chi connectivity index (χ1) is 13.4. The van der Waals surface area contributed by atoms with Crippen molar-refractivity contribution < 1.29 is 4.42 Å². The van der Waals surface area contributed by atoms with E-state index in [0.29, 0.717) is 6.54 Å². The van der Waals surface area contributed by atoms with Gasteiger partial charge in [0, 0.05) is 41.5 Å². The van der Waals surface area contributed by atoms with Crippen LogP contribution in [0.5, 0.6) is 0 Å². The fourth-order valence-corrected chi connectivity index (χ4v) is 3.22. The number of anilines is 1. The average Bonchev–Trinajstić information content (AvgIpc) is 3.16. The molecule has 0 radical (unpaired) electrons. The highest BCUT2D eigenvalue weighted by molar-refractivity contribution is 5.97. The summed E-state index contributed by atoms with van der Waals surface area (Å²) in [7, 11) is 0. The Morgan fingerprint density at radius 2 is 1.85 bits per heavy atom. The Balaban J connectivity index is 1.54. The highest BCUT2D eigenvalue weighted by atomic mass is 16.3. The Morgan fingerprint density at radius 3 is 2.74 bits per heavy atom. The lowest BCUT2D eigenvalue weighted by molar-refractivity contribution is 0.632. The first-order valence-corrected chi connectivity index (χ1v) is 8.72. The predicted octanol–water partition coefficient (Wildman–Crippen LogP) is 5.05. The van der Waals surface area contributed by atoms with Gasteiger partial charge in [-0.2, -0.15) is 0 Å². The fourth-order valence-electron chi connectivity index (χ4n) is 3.22. The lowest BCUT2D eigenvalue weighted by Crippen LogP contribution is -2.01. The highest BCUT2D eigenvalue weighted by Gasteiger charge is 2.10. The molecule has 0 saturated heterocycles. The summed E-state index contributed by atoms with van der Waals surface area (Å²) in [4.78, 5) is 12.5. The molecule has 0 spiro atoms. The zero-order chi connectivity index (χ0) is 18.1. The molecule has 0 saturated carbocycles. The molecule has 0 aliphatic carbocycles. The molecular formula is C22H16N4O. The number of pyridine rings is 1. The van der Waals surface area contributed by atoms with Gasteiger partial charge >= 0.3 is 0 Å². The molecule has 1 N–H and O–H groups in total. The van der Waals surface area contributed by atoms with Crippen molar-refractivity contribution in [2.45, 2.75) is 6.54 Å². The van der Waals surface area contributed by atoms with E-state index in [9.17, 15) is 0 Å². The summed E-state index contributed by atoms with van der Waals surface area (Å²) in [6.45, 7) is 0.675. The minimum Gasteiger partial charge on any atom is -0.456 e. The van der Waals surface area contributed by atoms with E-state index in [-0.39, 0.29) is 0 Å². The molecular weight excluding hydrogens is 336 g/mol. The van der Waals surface area contributed by atoms with Gasteiger partial charge in [-0.3, -0.25) is 4.98 Å². The first-order valence-electron chi connectivity index (χ1n) is 8.72. The Kier molecular flexibility index (Phi) is 3.76. The van der Waals surface area contributed by atoms with Crippen LogP contribution >= 0.6 is 0 Å². The van der Waals surface area contributed by atoms with Crippen molar-refractivity contribution in [2.75, 3.05) is 5.32 Å². The summed E-state index contributed by atoms with van der Waals surface area (Å²) in [6.07, 6.45) is 7.00. The molecule has 0 amide bonds. The lowest BCUT2D eigenvalue weighted by Gasteiger charge is -2.08. The molecule has 0 unspecified atom stereocenters. The number of rotatable bonds is 4. The second kappa shape index (κ2) is 6.53. The van der Waals surface area contributed by atoms with Crippen LogP contribution < -0.4 is 5.32 Å². The first kappa shape index (κ1) is 15.5. The van der Waals surface area contributed by atoms with Crippen LogP contribution in [-0.2, 0) is 6.54 Å². The van der Waals surface area contributed by atoms with Crippen molar-refractivity contribution in [3.05, 3.63) is 85.1 Å². The molecule has 0 fully saturated rings. The van der Waals surface area contributed by atoms with Gasteiger partial charge in [-0.25, -0.2) is 9.97 Å². The number of para-hydroxylation sites is 1. The van der Waals surface area contributed by atoms with Crippen LogP contribution in [0.3, 0.4) is 0 Å². The minimum atomic E-state index is 0.675. The van der Waals surface area contributed by atoms with E-state index in [1.165, 1.54) is 6.33 Å². The normalized spacial score (nSPS) is 11.1. The monoisotopic (exact) mass is 352 g/mol. The summed E-state index contributed by atoms with van der Waals surface area (Å²) in [5.74, 6) is 1.63. The number of benzene rings is 2. The Morgan fingerprint density at radius 1 is 0.889 bits per heavy atom. The molecule has 0 aliphatic rings. The van der Waals surface area contributed by atoms with Gasteiger partial charge in [0.2, 0.25) is 0 Å². The number of hydrogen-bond donors (Lipinski definition) is 1. The lowest BCUT2D eigenvalue weighted by atomic mass is 10.0. The van der Waals surface area contributed by atoms with E-state index < -0.39 is 0 Å². The summed E-state index contributed by atoms with van der Waals surface area (Å²) in [5.41, 5.74) is 3.03. The maximum Gasteiger partial charge on any atom is 0.137 e. The number of nitrogens with zero attached hydrogens (tertiary/aromatic N) is 3. The number of fused-ring (bicyclic) bond motifs is 2. The molecule has 5 nitrogen and oxygen atoms in total. The molecule has 0 aliphatic heterocycles. The summed E-state index contributed by atoms with van der Waals surface area (Å²) < 4.78 is 6.06. The van der Waals surface area contributed by atoms with Crippen molar-refractivity contribution in [3.63, 3.8) is 0 Å². The van der Waals surface area contributed by atoms with E-state index in [1.807, 2.05) is 36.7 Å². The molecule has 0 bridgehead atoms. The van der Waals surface area contributed by atoms with E-state index in [1.54, 1.807) is 6.20 Å². The van der Waals surface area contributed by atoms with Gasteiger partial charge in [-0.1, -0.05) is 30.3 Å². The van der Waals surface area contributed by atoms with Gasteiger partial charge in [0.1, 0.15) is 23.5 Å². The molecule has 5 aromatic rings. The van der Waals surface area contributed by atoms with Gasteiger partial charge < -0.3 is 9.73 Å². The SMILES string of the molecule is c1ccc2oc(-c3cncc4ccc(CNc5ccncn5)cc34)cc2c1. The highest BCUT2D eigenvalue weighted by Crippen LogP contribution is 2.32. The standard InChI is InChI=1S/C22H16N4O/c1-2-4-20-16(3-1)10-21(27-20)19-13-24-12-17-6-5-15(9-18(17)19)11-25-22-7-8-23-14-26-22/h1-10,12-14H,11H2,(H,23,25,26). The second-order valence-electron chi connectivity index (χ2n) is 6.34. The quantitative estimate of drug-likeness (QED) is 0.490. The number of nitrogens with one attached hydrogen (secondary N) is 1. The molecule has 5 rings (SSSR count). The van der Waals surface area contributed by atoms with Gasteiger partial charge in [0.15, 0.2) is 0 Å². The van der Waals surface area contributed by atoms with Crippen LogP contribution in [0.2, 0.25) is 0 Å². The van der Waals surface area contributed by atoms with E-state index in [0.717, 1.165) is 44.4 Å². The third-order valence-electron chi connectivity index (χ3n) is 4.57. The third-order valence-corrected chi connectivity index (χ3v) is 4.57. The van der Waals surface area contributed by atoms with Crippen molar-refractivity contribution in [3.8, 4) is 11.3 Å². The van der Waals surface area contributed by atoms with Crippen molar-refractivity contribution in [1.82, 2.24) is 15.0 Å². The van der Waals surface area contributed by atoms with Gasteiger partial charge in [-0.05, 0) is 35.2 Å². The zero-order valence-electron chi connectivity index (χ0n) is 14.5. The van der Waals surface area contributed by atoms with Gasteiger partial charge in [0.05, 0.1) is 0 Å². The van der Waals surface area contributed by atoms with Crippen LogP contribution in [0.15, 0.2) is 83.9 Å². The maximum absolute atomic E-state index is 6.06. The van der Waals surface area contributed by atoms with E-state index in [4.69, 9.17) is 4.42 Å². The van der Waals surface area contributed by atoms with Crippen LogP contribution in [0.4, 0.5) is 5.82 Å². The zero-order valence-corrected chi connectivity index (χ0v) is 14.5. The number of aromatic nitrogens is 3. The van der Waals surface area contributed by atoms with Crippen LogP contribution in [0.25, 0.3) is 33.1 Å². The Hall–Kier alpha value is -3.73. The number of furan rings is 1. The van der Waals surface area contributed by atoms with Crippen molar-refractivity contribution >= 4 is 27.6 Å². The van der Waals surface area contributed by atoms with Crippen molar-refractivity contribution in [1.29, 1.82) is 0 Å². The summed E-state index contributed by atoms with van der Waals surface area (Å²) in [5, 5.41) is 6.60. The molecule has 27 heavy (non-hydrogen) atoms. The van der Waals surface area contributed by atoms with E-state index >= 15 is 0 Å². The van der Waals surface area contributed by atoms with Crippen LogP contribution in [-0.4, -0.2) is 15.0 Å². The van der Waals surface area contributed by atoms with Gasteiger partial charge in [-0.15, -0.1) is 0 Å². The summed E-state index contributed by atoms with van der Waals surface area (Å²) in [6, 6.07) is 18.3. The third kappa shape index (κ3) is 3.00. The molecule has 5 heteroatoms. The minimum absolute atomic E-state index is 0.675. The van der Waals surface area contributed by atoms with Crippen LogP contribution in [0, 0.1) is 0 Å². The average molecular weight is 352 g/mol. The number of hydrogen-bond acceptors (Lipinski definition) is 5. The maximum atomic E-state index is 6.06. The molecule has 0 atom stereocenters. The largest absolute Gasteiger partial charge is 0.456 e. The van der Waals surface area contributed by atoms with Crippen LogP contribution in [0.1, 0.15) is 5.56 Å². The Bertz CT molecular complexity index is 1200. The van der Waals surface area contributed by atoms with E-state index in [2.05, 4.69) is 50.6 Å². The molecule has 3 heterocycles. The second-order valence-corrected chi connectivity index (χ2v) is 6.34. The Labute approximate surface area is 155 Å². The van der Waals surface area contributed by atoms with Crippen molar-refractivity contribution in [2.24, 2.45) is 0 Å².